The average Bonchev–Trinajstić information content (AvgIpc) is 3.15. The number of nitrogens with zero attached hydrogens (tertiary/aromatic N) is 3. The third-order valence-corrected chi connectivity index (χ3v) is 5.23. The van der Waals surface area contributed by atoms with Gasteiger partial charge in [0.2, 0.25) is 5.91 Å². The van der Waals surface area contributed by atoms with Crippen molar-refractivity contribution in [2.75, 3.05) is 26.2 Å². The zero-order chi connectivity index (χ0) is 17.6. The topological polar surface area (TPSA) is 82.7 Å². The predicted octanol–water partition coefficient (Wildman–Crippen LogP) is 0.850. The maximum atomic E-state index is 12.5. The molecule has 0 spiro atoms. The molecule has 1 amide bonds. The highest BCUT2D eigenvalue weighted by atomic mass is 32.1. The van der Waals surface area contributed by atoms with E-state index in [2.05, 4.69) is 9.88 Å². The number of aliphatic hydroxyl groups is 1. The minimum atomic E-state index is -0.524. The second-order valence-corrected chi connectivity index (χ2v) is 7.04. The number of rotatable bonds is 6. The van der Waals surface area contributed by atoms with Crippen LogP contribution in [0.3, 0.4) is 0 Å². The van der Waals surface area contributed by atoms with Gasteiger partial charge < -0.3 is 15.7 Å². The molecule has 7 heteroatoms. The van der Waals surface area contributed by atoms with Crippen molar-refractivity contribution in [2.24, 2.45) is 5.73 Å². The van der Waals surface area contributed by atoms with Gasteiger partial charge in [0.15, 0.2) is 0 Å². The Labute approximate surface area is 151 Å². The zero-order valence-electron chi connectivity index (χ0n) is 14.2. The summed E-state index contributed by atoms with van der Waals surface area (Å²) < 4.78 is 0. The lowest BCUT2D eigenvalue weighted by molar-refractivity contribution is -0.134. The summed E-state index contributed by atoms with van der Waals surface area (Å²) in [6.45, 7) is 3.85. The summed E-state index contributed by atoms with van der Waals surface area (Å²) in [5.74, 6) is 0.00316. The first-order valence-corrected chi connectivity index (χ1v) is 9.43. The number of carbonyl (C=O) groups is 1. The Morgan fingerprint density at radius 2 is 1.96 bits per heavy atom. The molecular formula is C18H24N4O2S. The van der Waals surface area contributed by atoms with E-state index in [4.69, 9.17) is 5.73 Å². The van der Waals surface area contributed by atoms with Crippen molar-refractivity contribution in [2.45, 2.75) is 25.6 Å². The van der Waals surface area contributed by atoms with Gasteiger partial charge in [-0.05, 0) is 11.1 Å². The molecule has 0 radical (unpaired) electrons. The van der Waals surface area contributed by atoms with Gasteiger partial charge in [-0.25, -0.2) is 4.98 Å². The van der Waals surface area contributed by atoms with Crippen molar-refractivity contribution in [3.05, 3.63) is 52.0 Å². The number of aliphatic hydroxyl groups excluding tert-OH is 1. The maximum Gasteiger partial charge on any atom is 0.239 e. The lowest BCUT2D eigenvalue weighted by Crippen LogP contribution is -2.53. The van der Waals surface area contributed by atoms with E-state index < -0.39 is 6.04 Å². The number of nitrogens with two attached hydrogens (primary N) is 1. The van der Waals surface area contributed by atoms with Crippen LogP contribution in [0.5, 0.6) is 0 Å². The van der Waals surface area contributed by atoms with E-state index in [0.717, 1.165) is 36.5 Å². The van der Waals surface area contributed by atoms with E-state index in [1.54, 1.807) is 5.51 Å². The molecule has 3 rings (SSSR count). The Morgan fingerprint density at radius 1 is 1.24 bits per heavy atom. The minimum absolute atomic E-state index is 0.00316. The lowest BCUT2D eigenvalue weighted by Gasteiger charge is -2.36. The van der Waals surface area contributed by atoms with Crippen LogP contribution in [0.1, 0.15) is 16.8 Å². The normalized spacial score (nSPS) is 16.8. The SMILES string of the molecule is N[C@@H](Cc1cscn1)C(=O)N1CCN(Cc2ccccc2CO)CC1. The maximum absolute atomic E-state index is 12.5. The van der Waals surface area contributed by atoms with E-state index in [-0.39, 0.29) is 12.5 Å². The summed E-state index contributed by atoms with van der Waals surface area (Å²) in [5.41, 5.74) is 10.8. The second kappa shape index (κ2) is 8.53. The Hall–Kier alpha value is -1.80. The van der Waals surface area contributed by atoms with E-state index in [9.17, 15) is 9.90 Å². The molecule has 1 atom stereocenters. The smallest absolute Gasteiger partial charge is 0.239 e. The van der Waals surface area contributed by atoms with Gasteiger partial charge in [-0.2, -0.15) is 0 Å². The van der Waals surface area contributed by atoms with Gasteiger partial charge in [-0.3, -0.25) is 9.69 Å². The minimum Gasteiger partial charge on any atom is -0.392 e. The molecule has 2 aromatic rings. The Bertz CT molecular complexity index is 684. The average molecular weight is 360 g/mol. The van der Waals surface area contributed by atoms with Crippen LogP contribution in [0.2, 0.25) is 0 Å². The molecule has 25 heavy (non-hydrogen) atoms. The number of benzene rings is 1. The second-order valence-electron chi connectivity index (χ2n) is 6.32. The van der Waals surface area contributed by atoms with Crippen LogP contribution in [-0.4, -0.2) is 58.0 Å². The highest BCUT2D eigenvalue weighted by Gasteiger charge is 2.26. The van der Waals surface area contributed by atoms with Gasteiger partial charge in [0, 0.05) is 44.5 Å². The molecule has 0 bridgehead atoms. The van der Waals surface area contributed by atoms with Gasteiger partial charge in [0.1, 0.15) is 0 Å². The van der Waals surface area contributed by atoms with Crippen molar-refractivity contribution in [1.82, 2.24) is 14.8 Å². The molecule has 3 N–H and O–H groups in total. The van der Waals surface area contributed by atoms with Crippen molar-refractivity contribution in [3.63, 3.8) is 0 Å². The summed E-state index contributed by atoms with van der Waals surface area (Å²) in [6.07, 6.45) is 0.492. The summed E-state index contributed by atoms with van der Waals surface area (Å²) in [6, 6.07) is 7.41. The van der Waals surface area contributed by atoms with Crippen molar-refractivity contribution in [3.8, 4) is 0 Å². The number of thiazole rings is 1. The molecule has 1 aliphatic heterocycles. The lowest BCUT2D eigenvalue weighted by atomic mass is 10.1. The standard InChI is InChI=1S/C18H24N4O2S/c19-17(9-16-12-25-13-20-16)18(24)22-7-5-21(6-8-22)10-14-3-1-2-4-15(14)11-23/h1-4,12-13,17,23H,5-11,19H2/t17-/m0/s1. The quantitative estimate of drug-likeness (QED) is 0.798. The fraction of sp³-hybridized carbons (Fsp3) is 0.444. The van der Waals surface area contributed by atoms with Crippen LogP contribution in [0.15, 0.2) is 35.2 Å². The van der Waals surface area contributed by atoms with E-state index in [1.807, 2.05) is 34.5 Å². The van der Waals surface area contributed by atoms with Crippen LogP contribution in [0.25, 0.3) is 0 Å². The zero-order valence-corrected chi connectivity index (χ0v) is 15.0. The summed E-state index contributed by atoms with van der Waals surface area (Å²) in [4.78, 5) is 20.9. The number of carbonyl (C=O) groups excluding carboxylic acids is 1. The molecule has 0 saturated carbocycles. The van der Waals surface area contributed by atoms with Crippen LogP contribution in [-0.2, 0) is 24.4 Å². The van der Waals surface area contributed by atoms with E-state index in [1.165, 1.54) is 11.3 Å². The number of amides is 1. The summed E-state index contributed by atoms with van der Waals surface area (Å²) in [5, 5.41) is 11.4. The van der Waals surface area contributed by atoms with Crippen LogP contribution in [0.4, 0.5) is 0 Å². The van der Waals surface area contributed by atoms with E-state index in [0.29, 0.717) is 19.5 Å². The Morgan fingerprint density at radius 3 is 2.60 bits per heavy atom. The highest BCUT2D eigenvalue weighted by molar-refractivity contribution is 7.07. The van der Waals surface area contributed by atoms with E-state index >= 15 is 0 Å². The van der Waals surface area contributed by atoms with Gasteiger partial charge in [-0.1, -0.05) is 24.3 Å². The van der Waals surface area contributed by atoms with Crippen molar-refractivity contribution in [1.29, 1.82) is 0 Å². The Balaban J connectivity index is 1.50. The number of piperazine rings is 1. The first kappa shape index (κ1) is 18.0. The molecule has 0 aliphatic carbocycles. The Kier molecular flexibility index (Phi) is 6.14. The first-order valence-electron chi connectivity index (χ1n) is 8.49. The van der Waals surface area contributed by atoms with Crippen molar-refractivity contribution >= 4 is 17.2 Å². The van der Waals surface area contributed by atoms with Gasteiger partial charge >= 0.3 is 0 Å². The molecule has 1 saturated heterocycles. The number of hydrogen-bond donors (Lipinski definition) is 2. The predicted molar refractivity (Wildman–Crippen MR) is 98.0 cm³/mol. The van der Waals surface area contributed by atoms with Crippen LogP contribution >= 0.6 is 11.3 Å². The number of aromatic nitrogens is 1. The van der Waals surface area contributed by atoms with Gasteiger partial charge in [0.25, 0.3) is 0 Å². The fourth-order valence-electron chi connectivity index (χ4n) is 3.12. The monoisotopic (exact) mass is 360 g/mol. The molecule has 1 fully saturated rings. The third-order valence-electron chi connectivity index (χ3n) is 4.60. The third kappa shape index (κ3) is 4.64. The largest absolute Gasteiger partial charge is 0.392 e. The molecule has 2 heterocycles. The molecule has 1 aliphatic rings. The van der Waals surface area contributed by atoms with Gasteiger partial charge in [0.05, 0.1) is 23.9 Å². The molecule has 1 aromatic carbocycles. The molecule has 6 nitrogen and oxygen atoms in total. The van der Waals surface area contributed by atoms with Gasteiger partial charge in [-0.15, -0.1) is 11.3 Å². The highest BCUT2D eigenvalue weighted by Crippen LogP contribution is 2.14. The molecule has 134 valence electrons. The van der Waals surface area contributed by atoms with Crippen LogP contribution in [0, 0.1) is 0 Å². The molecular weight excluding hydrogens is 336 g/mol. The van der Waals surface area contributed by atoms with Crippen LogP contribution < -0.4 is 5.73 Å². The summed E-state index contributed by atoms with van der Waals surface area (Å²) >= 11 is 1.52. The fourth-order valence-corrected chi connectivity index (χ4v) is 3.69. The molecule has 0 unspecified atom stereocenters. The summed E-state index contributed by atoms with van der Waals surface area (Å²) in [7, 11) is 0. The number of hydrogen-bond acceptors (Lipinski definition) is 6. The first-order chi connectivity index (χ1) is 12.2. The van der Waals surface area contributed by atoms with Crippen molar-refractivity contribution < 1.29 is 9.90 Å². The molecule has 1 aromatic heterocycles.